The van der Waals surface area contributed by atoms with E-state index in [2.05, 4.69) is 10.3 Å². The number of phenols is 1. The number of hydrogen-bond acceptors (Lipinski definition) is 5. The minimum atomic E-state index is -0.166. The quantitative estimate of drug-likeness (QED) is 0.840. The van der Waals surface area contributed by atoms with Crippen molar-refractivity contribution in [3.05, 3.63) is 58.5 Å². The van der Waals surface area contributed by atoms with Crippen LogP contribution in [0.1, 0.15) is 18.1 Å². The molecule has 0 aliphatic carbocycles. The molecule has 25 heavy (non-hydrogen) atoms. The number of carbonyl (C=O) groups excluding carboxylic acids is 1. The van der Waals surface area contributed by atoms with Crippen molar-refractivity contribution in [1.29, 1.82) is 0 Å². The summed E-state index contributed by atoms with van der Waals surface area (Å²) in [5, 5.41) is 12.4. The van der Waals surface area contributed by atoms with Gasteiger partial charge in [0.1, 0.15) is 5.84 Å². The van der Waals surface area contributed by atoms with Crippen LogP contribution in [0.3, 0.4) is 0 Å². The predicted molar refractivity (Wildman–Crippen MR) is 102 cm³/mol. The van der Waals surface area contributed by atoms with Crippen LogP contribution >= 0.6 is 11.8 Å². The molecule has 1 aliphatic heterocycles. The first-order chi connectivity index (χ1) is 12.0. The number of amidine groups is 1. The van der Waals surface area contributed by atoms with Crippen LogP contribution in [0.25, 0.3) is 6.08 Å². The Labute approximate surface area is 150 Å². The summed E-state index contributed by atoms with van der Waals surface area (Å²) in [7, 11) is 0. The van der Waals surface area contributed by atoms with Crippen molar-refractivity contribution in [2.45, 2.75) is 13.8 Å². The van der Waals surface area contributed by atoms with Crippen LogP contribution in [0.15, 0.2) is 52.4 Å². The maximum absolute atomic E-state index is 11.8. The average molecular weight is 354 g/mol. The second-order valence-electron chi connectivity index (χ2n) is 5.48. The molecule has 0 bridgehead atoms. The van der Waals surface area contributed by atoms with Crippen LogP contribution < -0.4 is 10.1 Å². The smallest absolute Gasteiger partial charge is 0.289 e. The first-order valence-corrected chi connectivity index (χ1v) is 8.69. The zero-order chi connectivity index (χ0) is 17.8. The lowest BCUT2D eigenvalue weighted by Crippen LogP contribution is -2.18. The lowest BCUT2D eigenvalue weighted by Gasteiger charge is -2.07. The summed E-state index contributed by atoms with van der Waals surface area (Å²) in [4.78, 5) is 17.0. The first kappa shape index (κ1) is 17.1. The molecular weight excluding hydrogens is 336 g/mol. The maximum Gasteiger partial charge on any atom is 0.289 e. The van der Waals surface area contributed by atoms with Crippen molar-refractivity contribution in [3.63, 3.8) is 0 Å². The Morgan fingerprint density at radius 3 is 2.72 bits per heavy atom. The number of ether oxygens (including phenoxy) is 1. The van der Waals surface area contributed by atoms with Crippen LogP contribution in [-0.4, -0.2) is 22.8 Å². The van der Waals surface area contributed by atoms with E-state index in [0.717, 1.165) is 33.5 Å². The number of amides is 1. The summed E-state index contributed by atoms with van der Waals surface area (Å²) in [6, 6.07) is 12.8. The molecule has 0 atom stereocenters. The van der Waals surface area contributed by atoms with Crippen LogP contribution in [0.4, 0.5) is 10.5 Å². The van der Waals surface area contributed by atoms with E-state index in [4.69, 9.17) is 4.74 Å². The number of aryl methyl sites for hydroxylation is 1. The molecule has 0 radical (unpaired) electrons. The molecule has 128 valence electrons. The molecule has 2 aromatic carbocycles. The highest BCUT2D eigenvalue weighted by Crippen LogP contribution is 2.32. The van der Waals surface area contributed by atoms with Crippen molar-refractivity contribution in [2.75, 3.05) is 6.61 Å². The molecule has 0 aromatic heterocycles. The Hall–Kier alpha value is -2.73. The minimum Gasteiger partial charge on any atom is -0.504 e. The fourth-order valence-electron chi connectivity index (χ4n) is 2.30. The van der Waals surface area contributed by atoms with E-state index in [1.807, 2.05) is 44.2 Å². The molecule has 2 aromatic rings. The van der Waals surface area contributed by atoms with E-state index in [1.54, 1.807) is 18.2 Å². The van der Waals surface area contributed by atoms with Crippen molar-refractivity contribution in [1.82, 2.24) is 5.32 Å². The fraction of sp³-hybridized carbons (Fsp3) is 0.158. The van der Waals surface area contributed by atoms with Crippen molar-refractivity contribution in [3.8, 4) is 11.5 Å². The topological polar surface area (TPSA) is 70.9 Å². The van der Waals surface area contributed by atoms with Gasteiger partial charge in [0.2, 0.25) is 0 Å². The monoisotopic (exact) mass is 354 g/mol. The highest BCUT2D eigenvalue weighted by atomic mass is 32.2. The molecule has 1 heterocycles. The standard InChI is InChI=1S/C19H18N2O3S/c1-3-24-16-10-13(6-9-15(16)22)11-17-18(21-19(23)25-17)20-14-7-4-12(2)5-8-14/h4-11,22H,3H2,1-2H3,(H,20,21,23)/b17-11-. The largest absolute Gasteiger partial charge is 0.504 e. The molecule has 5 nitrogen and oxygen atoms in total. The number of thioether (sulfide) groups is 1. The number of aliphatic imine (C=N–C) groups is 1. The SMILES string of the molecule is CCOc1cc(/C=C2\SC(=O)NC2=Nc2ccc(C)cc2)ccc1O. The van der Waals surface area contributed by atoms with E-state index >= 15 is 0 Å². The third kappa shape index (κ3) is 4.22. The number of nitrogens with zero attached hydrogens (tertiary/aromatic N) is 1. The van der Waals surface area contributed by atoms with Crippen LogP contribution in [0, 0.1) is 6.92 Å². The van der Waals surface area contributed by atoms with Crippen molar-refractivity contribution in [2.24, 2.45) is 4.99 Å². The molecule has 1 amide bonds. The predicted octanol–water partition coefficient (Wildman–Crippen LogP) is 4.63. The van der Waals surface area contributed by atoms with Gasteiger partial charge in [0.15, 0.2) is 11.5 Å². The Morgan fingerprint density at radius 1 is 1.24 bits per heavy atom. The van der Waals surface area contributed by atoms with E-state index < -0.39 is 0 Å². The van der Waals surface area contributed by atoms with Crippen molar-refractivity contribution < 1.29 is 14.6 Å². The normalized spacial score (nSPS) is 17.1. The molecule has 6 heteroatoms. The molecular formula is C19H18N2O3S. The molecule has 0 saturated carbocycles. The minimum absolute atomic E-state index is 0.0887. The van der Waals surface area contributed by atoms with Crippen LogP contribution in [-0.2, 0) is 0 Å². The Kier molecular flexibility index (Phi) is 5.09. The van der Waals surface area contributed by atoms with Gasteiger partial charge in [-0.05, 0) is 61.5 Å². The number of phenolic OH excluding ortho intramolecular Hbond substituents is 1. The van der Waals surface area contributed by atoms with E-state index in [-0.39, 0.29) is 11.0 Å². The molecule has 0 spiro atoms. The van der Waals surface area contributed by atoms with Gasteiger partial charge in [0, 0.05) is 0 Å². The van der Waals surface area contributed by atoms with Crippen LogP contribution in [0.2, 0.25) is 0 Å². The third-order valence-corrected chi connectivity index (χ3v) is 4.33. The first-order valence-electron chi connectivity index (χ1n) is 7.87. The second-order valence-corrected chi connectivity index (χ2v) is 6.49. The van der Waals surface area contributed by atoms with Gasteiger partial charge in [-0.25, -0.2) is 4.99 Å². The Balaban J connectivity index is 1.93. The summed E-state index contributed by atoms with van der Waals surface area (Å²) < 4.78 is 5.40. The number of benzene rings is 2. The number of hydrogen-bond donors (Lipinski definition) is 2. The number of rotatable bonds is 4. The summed E-state index contributed by atoms with van der Waals surface area (Å²) in [6.07, 6.45) is 1.84. The zero-order valence-electron chi connectivity index (χ0n) is 13.9. The molecule has 1 saturated heterocycles. The highest BCUT2D eigenvalue weighted by molar-refractivity contribution is 8.18. The van der Waals surface area contributed by atoms with Crippen LogP contribution in [0.5, 0.6) is 11.5 Å². The maximum atomic E-state index is 11.8. The Morgan fingerprint density at radius 2 is 2.00 bits per heavy atom. The van der Waals surface area contributed by atoms with Gasteiger partial charge in [0.05, 0.1) is 17.2 Å². The van der Waals surface area contributed by atoms with Crippen molar-refractivity contribution >= 4 is 34.6 Å². The van der Waals surface area contributed by atoms with E-state index in [9.17, 15) is 9.90 Å². The zero-order valence-corrected chi connectivity index (χ0v) is 14.8. The lowest BCUT2D eigenvalue weighted by molar-refractivity contribution is 0.265. The summed E-state index contributed by atoms with van der Waals surface area (Å²) >= 11 is 1.09. The average Bonchev–Trinajstić information content (AvgIpc) is 2.92. The molecule has 1 fully saturated rings. The van der Waals surface area contributed by atoms with Gasteiger partial charge in [0.25, 0.3) is 5.24 Å². The molecule has 1 aliphatic rings. The lowest BCUT2D eigenvalue weighted by atomic mass is 10.2. The summed E-state index contributed by atoms with van der Waals surface area (Å²) in [6.45, 7) is 4.32. The second kappa shape index (κ2) is 7.44. The number of aromatic hydroxyl groups is 1. The summed E-state index contributed by atoms with van der Waals surface area (Å²) in [5.74, 6) is 1.02. The van der Waals surface area contributed by atoms with Gasteiger partial charge < -0.3 is 15.2 Å². The Bertz CT molecular complexity index is 857. The van der Waals surface area contributed by atoms with E-state index in [1.165, 1.54) is 0 Å². The molecule has 0 unspecified atom stereocenters. The van der Waals surface area contributed by atoms with E-state index in [0.29, 0.717) is 18.2 Å². The third-order valence-electron chi connectivity index (χ3n) is 3.51. The van der Waals surface area contributed by atoms with Gasteiger partial charge >= 0.3 is 0 Å². The van der Waals surface area contributed by atoms with Gasteiger partial charge in [-0.3, -0.25) is 4.79 Å². The highest BCUT2D eigenvalue weighted by Gasteiger charge is 2.23. The van der Waals surface area contributed by atoms with Gasteiger partial charge in [-0.15, -0.1) is 0 Å². The van der Waals surface area contributed by atoms with Gasteiger partial charge in [-0.2, -0.15) is 0 Å². The number of nitrogens with one attached hydrogen (secondary N) is 1. The fourth-order valence-corrected chi connectivity index (χ4v) is 3.04. The molecule has 2 N–H and O–H groups in total. The summed E-state index contributed by atoms with van der Waals surface area (Å²) in [5.41, 5.74) is 2.74. The van der Waals surface area contributed by atoms with Gasteiger partial charge in [-0.1, -0.05) is 23.8 Å². The number of carbonyl (C=O) groups is 1. The molecule has 3 rings (SSSR count).